The zero-order chi connectivity index (χ0) is 65.9. The van der Waals surface area contributed by atoms with Gasteiger partial charge in [-0.2, -0.15) is 0 Å². The summed E-state index contributed by atoms with van der Waals surface area (Å²) in [5.74, 6) is 0.180. The second-order valence-electron chi connectivity index (χ2n) is 26.2. The maximum atomic E-state index is 13.0. The van der Waals surface area contributed by atoms with Gasteiger partial charge in [-0.1, -0.05) is 299 Å². The lowest BCUT2D eigenvalue weighted by Crippen LogP contribution is -2.30. The molecule has 0 saturated heterocycles. The minimum atomic E-state index is -4.95. The molecule has 0 aromatic rings. The van der Waals surface area contributed by atoms with Crippen LogP contribution >= 0.6 is 15.6 Å². The summed E-state index contributed by atoms with van der Waals surface area (Å²) in [6.45, 7) is 11.8. The molecule has 0 aliphatic rings. The molecule has 0 spiro atoms. The van der Waals surface area contributed by atoms with Gasteiger partial charge < -0.3 is 33.8 Å². The van der Waals surface area contributed by atoms with E-state index >= 15 is 0 Å². The zero-order valence-electron chi connectivity index (χ0n) is 57.9. The van der Waals surface area contributed by atoms with Gasteiger partial charge in [0, 0.05) is 25.7 Å². The number of aliphatic hydroxyl groups excluding tert-OH is 1. The Morgan fingerprint density at radius 1 is 0.326 bits per heavy atom. The summed E-state index contributed by atoms with van der Waals surface area (Å²) in [6, 6.07) is 0. The molecule has 0 bridgehead atoms. The molecule has 0 rings (SSSR count). The summed E-state index contributed by atoms with van der Waals surface area (Å²) in [4.78, 5) is 72.5. The lowest BCUT2D eigenvalue weighted by molar-refractivity contribution is -0.161. The fourth-order valence-corrected chi connectivity index (χ4v) is 12.1. The first-order valence-electron chi connectivity index (χ1n) is 36.4. The van der Waals surface area contributed by atoms with Crippen LogP contribution in [0.15, 0.2) is 0 Å². The zero-order valence-corrected chi connectivity index (χ0v) is 59.7. The smallest absolute Gasteiger partial charge is 0.462 e. The van der Waals surface area contributed by atoms with Crippen molar-refractivity contribution >= 4 is 39.5 Å². The third kappa shape index (κ3) is 62.0. The molecule has 0 aliphatic carbocycles. The van der Waals surface area contributed by atoms with Gasteiger partial charge in [-0.3, -0.25) is 37.3 Å². The van der Waals surface area contributed by atoms with Crippen LogP contribution in [0.5, 0.6) is 0 Å². The number of carbonyl (C=O) groups excluding carboxylic acids is 4. The normalized spacial score (nSPS) is 14.8. The first-order chi connectivity index (χ1) is 42.8. The number of carbonyl (C=O) groups is 4. The fraction of sp³-hybridized carbons (Fsp3) is 0.943. The summed E-state index contributed by atoms with van der Waals surface area (Å²) in [6.07, 6.45) is 44.3. The van der Waals surface area contributed by atoms with Crippen LogP contribution < -0.4 is 0 Å². The van der Waals surface area contributed by atoms with Gasteiger partial charge in [-0.05, 0) is 43.4 Å². The highest BCUT2D eigenvalue weighted by Crippen LogP contribution is 2.45. The molecule has 0 fully saturated rings. The van der Waals surface area contributed by atoms with E-state index in [0.717, 1.165) is 114 Å². The van der Waals surface area contributed by atoms with Crippen LogP contribution in [0.25, 0.3) is 0 Å². The van der Waals surface area contributed by atoms with Crippen LogP contribution in [-0.4, -0.2) is 96.7 Å². The van der Waals surface area contributed by atoms with Crippen LogP contribution in [0, 0.1) is 17.8 Å². The van der Waals surface area contributed by atoms with Gasteiger partial charge >= 0.3 is 39.5 Å². The lowest BCUT2D eigenvalue weighted by Gasteiger charge is -2.21. The number of phosphoric acid groups is 2. The third-order valence-electron chi connectivity index (χ3n) is 16.9. The van der Waals surface area contributed by atoms with E-state index in [9.17, 15) is 43.2 Å². The molecular weight excluding hydrogens is 1170 g/mol. The Morgan fingerprint density at radius 3 is 0.854 bits per heavy atom. The minimum Gasteiger partial charge on any atom is -0.462 e. The van der Waals surface area contributed by atoms with E-state index < -0.39 is 97.5 Å². The van der Waals surface area contributed by atoms with Crippen LogP contribution in [0.1, 0.15) is 350 Å². The Balaban J connectivity index is 5.26. The van der Waals surface area contributed by atoms with Crippen molar-refractivity contribution in [1.82, 2.24) is 0 Å². The lowest BCUT2D eigenvalue weighted by atomic mass is 9.99. The van der Waals surface area contributed by atoms with Gasteiger partial charge in [0.15, 0.2) is 12.2 Å². The van der Waals surface area contributed by atoms with Crippen LogP contribution in [0.4, 0.5) is 0 Å². The van der Waals surface area contributed by atoms with Gasteiger partial charge in [0.25, 0.3) is 0 Å². The van der Waals surface area contributed by atoms with E-state index in [1.807, 2.05) is 0 Å². The first kappa shape index (κ1) is 87.1. The molecule has 4 unspecified atom stereocenters. The van der Waals surface area contributed by atoms with Crippen LogP contribution in [0.3, 0.4) is 0 Å². The van der Waals surface area contributed by atoms with E-state index in [2.05, 4.69) is 48.5 Å². The summed E-state index contributed by atoms with van der Waals surface area (Å²) >= 11 is 0. The SMILES string of the molecule is CCCCCCCCCCCCCC(=O)O[C@H](COC(=O)CCCCCCCCC(C)CC)COP(=O)(O)OC[C@H](O)COP(=O)(O)OC[C@@H](COC(=O)CCCCCCCCCCCCC(C)CC)OC(=O)CCCCCCCCCCCCCC(C)C. The fourth-order valence-electron chi connectivity index (χ4n) is 10.5. The van der Waals surface area contributed by atoms with Crippen molar-refractivity contribution in [2.75, 3.05) is 39.6 Å². The van der Waals surface area contributed by atoms with Crippen LogP contribution in [-0.2, 0) is 65.4 Å². The number of hydrogen-bond acceptors (Lipinski definition) is 15. The summed E-state index contributed by atoms with van der Waals surface area (Å²) in [5.41, 5.74) is 0. The topological polar surface area (TPSA) is 237 Å². The molecule has 0 aliphatic heterocycles. The molecular formula is C70H136O17P2. The third-order valence-corrected chi connectivity index (χ3v) is 18.8. The summed E-state index contributed by atoms with van der Waals surface area (Å²) in [5, 5.41) is 10.6. The van der Waals surface area contributed by atoms with Crippen molar-refractivity contribution in [3.05, 3.63) is 0 Å². The summed E-state index contributed by atoms with van der Waals surface area (Å²) in [7, 11) is -9.90. The van der Waals surface area contributed by atoms with Gasteiger partial charge in [0.1, 0.15) is 19.3 Å². The van der Waals surface area contributed by atoms with Crippen molar-refractivity contribution in [2.24, 2.45) is 17.8 Å². The standard InChI is InChI=1S/C70H136O17P2/c1-8-11-12-13-14-15-17-25-30-39-46-53-69(74)87-66(58-81-68(73)52-45-38-33-32-36-43-50-63(7)10-3)60-85-89(78,79)83-56-64(71)55-82-88(76,77)84-59-65(86-70(75)54-47-40-31-26-19-16-18-22-27-34-41-48-61(4)5)57-80-67(72)51-44-37-29-24-21-20-23-28-35-42-49-62(6)9-2/h61-66,71H,8-60H2,1-7H3,(H,76,77)(H,78,79)/t62?,63?,64-,65-,66-/m1/s1. The molecule has 0 radical (unpaired) electrons. The Bertz CT molecular complexity index is 1750. The van der Waals surface area contributed by atoms with Crippen molar-refractivity contribution in [3.8, 4) is 0 Å². The Morgan fingerprint density at radius 2 is 0.573 bits per heavy atom. The highest BCUT2D eigenvalue weighted by Gasteiger charge is 2.30. The second-order valence-corrected chi connectivity index (χ2v) is 29.1. The molecule has 7 atom stereocenters. The highest BCUT2D eigenvalue weighted by atomic mass is 31.2. The predicted molar refractivity (Wildman–Crippen MR) is 358 cm³/mol. The van der Waals surface area contributed by atoms with E-state index in [4.69, 9.17) is 37.0 Å². The van der Waals surface area contributed by atoms with Crippen molar-refractivity contribution < 1.29 is 80.2 Å². The predicted octanol–water partition coefficient (Wildman–Crippen LogP) is 19.8. The van der Waals surface area contributed by atoms with E-state index in [1.165, 1.54) is 154 Å². The van der Waals surface area contributed by atoms with E-state index in [-0.39, 0.29) is 25.7 Å². The maximum Gasteiger partial charge on any atom is 0.472 e. The first-order valence-corrected chi connectivity index (χ1v) is 39.4. The van der Waals surface area contributed by atoms with E-state index in [1.54, 1.807) is 0 Å². The van der Waals surface area contributed by atoms with Gasteiger partial charge in [-0.25, -0.2) is 9.13 Å². The Hall–Kier alpha value is -1.94. The minimum absolute atomic E-state index is 0.106. The monoisotopic (exact) mass is 1310 g/mol. The van der Waals surface area contributed by atoms with Crippen molar-refractivity contribution in [2.45, 2.75) is 369 Å². The number of rotatable bonds is 68. The maximum absolute atomic E-state index is 13.0. The molecule has 89 heavy (non-hydrogen) atoms. The van der Waals surface area contributed by atoms with Gasteiger partial charge in [-0.15, -0.1) is 0 Å². The molecule has 0 heterocycles. The average Bonchev–Trinajstić information content (AvgIpc) is 3.63. The number of ether oxygens (including phenoxy) is 4. The van der Waals surface area contributed by atoms with Gasteiger partial charge in [0.05, 0.1) is 26.4 Å². The molecule has 19 heteroatoms. The molecule has 3 N–H and O–H groups in total. The number of esters is 4. The molecule has 0 aromatic heterocycles. The number of aliphatic hydroxyl groups is 1. The Kier molecular flexibility index (Phi) is 59.6. The van der Waals surface area contributed by atoms with Gasteiger partial charge in [0.2, 0.25) is 0 Å². The Labute approximate surface area is 543 Å². The molecule has 528 valence electrons. The quantitative estimate of drug-likeness (QED) is 0.0222. The molecule has 17 nitrogen and oxygen atoms in total. The molecule has 0 aromatic carbocycles. The largest absolute Gasteiger partial charge is 0.472 e. The van der Waals surface area contributed by atoms with Crippen molar-refractivity contribution in [3.63, 3.8) is 0 Å². The van der Waals surface area contributed by atoms with Crippen molar-refractivity contribution in [1.29, 1.82) is 0 Å². The number of phosphoric ester groups is 2. The molecule has 0 saturated carbocycles. The highest BCUT2D eigenvalue weighted by molar-refractivity contribution is 7.47. The summed E-state index contributed by atoms with van der Waals surface area (Å²) < 4.78 is 68.3. The number of hydrogen-bond donors (Lipinski definition) is 3. The van der Waals surface area contributed by atoms with E-state index in [0.29, 0.717) is 25.7 Å². The molecule has 0 amide bonds. The second kappa shape index (κ2) is 61.0. The van der Waals surface area contributed by atoms with Crippen LogP contribution in [0.2, 0.25) is 0 Å². The number of unbranched alkanes of at least 4 members (excludes halogenated alkanes) is 34. The average molecular weight is 1310 g/mol.